The van der Waals surface area contributed by atoms with Gasteiger partial charge in [0.15, 0.2) is 0 Å². The van der Waals surface area contributed by atoms with Gasteiger partial charge in [-0.15, -0.1) is 0 Å². The predicted octanol–water partition coefficient (Wildman–Crippen LogP) is 2.85. The zero-order chi connectivity index (χ0) is 13.7. The lowest BCUT2D eigenvalue weighted by atomic mass is 10.1. The van der Waals surface area contributed by atoms with E-state index in [0.29, 0.717) is 5.69 Å². The number of H-pyrrole nitrogens is 1. The highest BCUT2D eigenvalue weighted by molar-refractivity contribution is 5.92. The molecule has 0 saturated carbocycles. The van der Waals surface area contributed by atoms with Crippen LogP contribution in [0.4, 0.5) is 0 Å². The number of hydrogen-bond donors (Lipinski definition) is 2. The monoisotopic (exact) mass is 257 g/mol. The summed E-state index contributed by atoms with van der Waals surface area (Å²) in [6, 6.07) is 11.7. The Morgan fingerprint density at radius 1 is 1.37 bits per heavy atom. The second-order valence-electron chi connectivity index (χ2n) is 4.63. The molecule has 0 radical (unpaired) electrons. The standard InChI is InChI=1S/C15H19N3O/c1-3-7-13-10-14(18-17-13)15(19)16-11(2)12-8-5-4-6-9-12/h4-6,8-11H,3,7H2,1-2H3,(H,16,19)(H,17,18). The Morgan fingerprint density at radius 3 is 2.79 bits per heavy atom. The molecule has 0 bridgehead atoms. The maximum Gasteiger partial charge on any atom is 0.272 e. The third-order valence-corrected chi connectivity index (χ3v) is 3.03. The fraction of sp³-hybridized carbons (Fsp3) is 0.333. The SMILES string of the molecule is CCCc1cc(C(=O)NC(C)c2ccccc2)n[nH]1. The lowest BCUT2D eigenvalue weighted by molar-refractivity contribution is 0.0935. The maximum atomic E-state index is 12.1. The Balaban J connectivity index is 2.00. The van der Waals surface area contributed by atoms with E-state index < -0.39 is 0 Å². The molecule has 0 spiro atoms. The summed E-state index contributed by atoms with van der Waals surface area (Å²) in [6.45, 7) is 4.06. The Bertz CT molecular complexity index is 533. The van der Waals surface area contributed by atoms with Crippen LogP contribution in [0.1, 0.15) is 48.1 Å². The van der Waals surface area contributed by atoms with Gasteiger partial charge in [0.25, 0.3) is 5.91 Å². The van der Waals surface area contributed by atoms with Gasteiger partial charge in [-0.05, 0) is 25.0 Å². The molecule has 0 fully saturated rings. The first-order chi connectivity index (χ1) is 9.20. The molecule has 0 aliphatic rings. The van der Waals surface area contributed by atoms with Crippen LogP contribution in [-0.4, -0.2) is 16.1 Å². The average Bonchev–Trinajstić information content (AvgIpc) is 2.89. The van der Waals surface area contributed by atoms with Gasteiger partial charge in [0, 0.05) is 5.69 Å². The molecular formula is C15H19N3O. The molecule has 2 rings (SSSR count). The van der Waals surface area contributed by atoms with Crippen LogP contribution in [0.5, 0.6) is 0 Å². The fourth-order valence-corrected chi connectivity index (χ4v) is 1.97. The Hall–Kier alpha value is -2.10. The molecule has 1 amide bonds. The zero-order valence-corrected chi connectivity index (χ0v) is 11.3. The van der Waals surface area contributed by atoms with Crippen LogP contribution in [0.15, 0.2) is 36.4 Å². The van der Waals surface area contributed by atoms with Crippen LogP contribution in [0.3, 0.4) is 0 Å². The lowest BCUT2D eigenvalue weighted by Gasteiger charge is -2.12. The van der Waals surface area contributed by atoms with E-state index in [1.165, 1.54) is 0 Å². The van der Waals surface area contributed by atoms with E-state index in [4.69, 9.17) is 0 Å². The number of aryl methyl sites for hydroxylation is 1. The molecule has 1 atom stereocenters. The highest BCUT2D eigenvalue weighted by Crippen LogP contribution is 2.12. The van der Waals surface area contributed by atoms with Gasteiger partial charge in [0.1, 0.15) is 5.69 Å². The van der Waals surface area contributed by atoms with E-state index >= 15 is 0 Å². The summed E-state index contributed by atoms with van der Waals surface area (Å²) < 4.78 is 0. The molecule has 100 valence electrons. The lowest BCUT2D eigenvalue weighted by Crippen LogP contribution is -2.26. The number of nitrogens with zero attached hydrogens (tertiary/aromatic N) is 1. The minimum atomic E-state index is -0.144. The van der Waals surface area contributed by atoms with E-state index in [1.807, 2.05) is 43.3 Å². The first-order valence-corrected chi connectivity index (χ1v) is 6.60. The number of rotatable bonds is 5. The van der Waals surface area contributed by atoms with E-state index in [0.717, 1.165) is 24.1 Å². The van der Waals surface area contributed by atoms with E-state index in [9.17, 15) is 4.79 Å². The largest absolute Gasteiger partial charge is 0.344 e. The van der Waals surface area contributed by atoms with Crippen molar-refractivity contribution in [3.05, 3.63) is 53.3 Å². The number of carbonyl (C=O) groups is 1. The number of carbonyl (C=O) groups excluding carboxylic acids is 1. The number of hydrogen-bond acceptors (Lipinski definition) is 2. The van der Waals surface area contributed by atoms with Crippen molar-refractivity contribution in [2.75, 3.05) is 0 Å². The highest BCUT2D eigenvalue weighted by Gasteiger charge is 2.13. The molecule has 1 aromatic carbocycles. The van der Waals surface area contributed by atoms with Gasteiger partial charge in [-0.3, -0.25) is 9.89 Å². The third-order valence-electron chi connectivity index (χ3n) is 3.03. The summed E-state index contributed by atoms with van der Waals surface area (Å²) in [5.41, 5.74) is 2.53. The number of aromatic nitrogens is 2. The van der Waals surface area contributed by atoms with E-state index in [2.05, 4.69) is 22.4 Å². The topological polar surface area (TPSA) is 57.8 Å². The van der Waals surface area contributed by atoms with Crippen molar-refractivity contribution in [3.63, 3.8) is 0 Å². The van der Waals surface area contributed by atoms with Crippen LogP contribution < -0.4 is 5.32 Å². The molecule has 1 unspecified atom stereocenters. The molecule has 0 aliphatic heterocycles. The smallest absolute Gasteiger partial charge is 0.272 e. The molecule has 2 N–H and O–H groups in total. The highest BCUT2D eigenvalue weighted by atomic mass is 16.2. The molecule has 1 aromatic heterocycles. The Labute approximate surface area is 113 Å². The van der Waals surface area contributed by atoms with Crippen LogP contribution in [-0.2, 0) is 6.42 Å². The van der Waals surface area contributed by atoms with Crippen molar-refractivity contribution in [2.45, 2.75) is 32.7 Å². The zero-order valence-electron chi connectivity index (χ0n) is 11.3. The maximum absolute atomic E-state index is 12.1. The summed E-state index contributed by atoms with van der Waals surface area (Å²) in [4.78, 5) is 12.1. The predicted molar refractivity (Wildman–Crippen MR) is 74.9 cm³/mol. The van der Waals surface area contributed by atoms with Gasteiger partial charge in [-0.25, -0.2) is 0 Å². The molecule has 0 saturated heterocycles. The van der Waals surface area contributed by atoms with Gasteiger partial charge in [-0.1, -0.05) is 43.7 Å². The molecule has 4 heteroatoms. The molecule has 2 aromatic rings. The second-order valence-corrected chi connectivity index (χ2v) is 4.63. The molecular weight excluding hydrogens is 238 g/mol. The van der Waals surface area contributed by atoms with Gasteiger partial charge in [0.05, 0.1) is 6.04 Å². The normalized spacial score (nSPS) is 12.1. The minimum Gasteiger partial charge on any atom is -0.344 e. The van der Waals surface area contributed by atoms with Gasteiger partial charge >= 0.3 is 0 Å². The summed E-state index contributed by atoms with van der Waals surface area (Å²) >= 11 is 0. The van der Waals surface area contributed by atoms with Crippen molar-refractivity contribution in [2.24, 2.45) is 0 Å². The third kappa shape index (κ3) is 3.44. The summed E-state index contributed by atoms with van der Waals surface area (Å²) in [6.07, 6.45) is 1.94. The minimum absolute atomic E-state index is 0.0278. The van der Waals surface area contributed by atoms with Crippen molar-refractivity contribution in [3.8, 4) is 0 Å². The number of amides is 1. The van der Waals surface area contributed by atoms with Crippen LogP contribution in [0.2, 0.25) is 0 Å². The van der Waals surface area contributed by atoms with Gasteiger partial charge in [0.2, 0.25) is 0 Å². The van der Waals surface area contributed by atoms with Gasteiger partial charge < -0.3 is 5.32 Å². The Morgan fingerprint density at radius 2 is 2.11 bits per heavy atom. The Kier molecular flexibility index (Phi) is 4.34. The number of aromatic amines is 1. The quantitative estimate of drug-likeness (QED) is 0.865. The van der Waals surface area contributed by atoms with Crippen molar-refractivity contribution < 1.29 is 4.79 Å². The number of nitrogens with one attached hydrogen (secondary N) is 2. The van der Waals surface area contributed by atoms with Gasteiger partial charge in [-0.2, -0.15) is 5.10 Å². The van der Waals surface area contributed by atoms with Crippen molar-refractivity contribution in [1.82, 2.24) is 15.5 Å². The van der Waals surface area contributed by atoms with E-state index in [1.54, 1.807) is 0 Å². The molecule has 4 nitrogen and oxygen atoms in total. The van der Waals surface area contributed by atoms with E-state index in [-0.39, 0.29) is 11.9 Å². The van der Waals surface area contributed by atoms with Crippen LogP contribution >= 0.6 is 0 Å². The second kappa shape index (κ2) is 6.18. The van der Waals surface area contributed by atoms with Crippen molar-refractivity contribution in [1.29, 1.82) is 0 Å². The summed E-state index contributed by atoms with van der Waals surface area (Å²) in [7, 11) is 0. The first-order valence-electron chi connectivity index (χ1n) is 6.60. The number of benzene rings is 1. The van der Waals surface area contributed by atoms with Crippen molar-refractivity contribution >= 4 is 5.91 Å². The average molecular weight is 257 g/mol. The van der Waals surface area contributed by atoms with Crippen LogP contribution in [0.25, 0.3) is 0 Å². The summed E-state index contributed by atoms with van der Waals surface area (Å²) in [5.74, 6) is -0.144. The fourth-order valence-electron chi connectivity index (χ4n) is 1.97. The molecule has 19 heavy (non-hydrogen) atoms. The molecule has 0 aliphatic carbocycles. The van der Waals surface area contributed by atoms with Crippen LogP contribution in [0, 0.1) is 0 Å². The summed E-state index contributed by atoms with van der Waals surface area (Å²) in [5, 5.41) is 9.88. The first kappa shape index (κ1) is 13.3. The molecule has 1 heterocycles.